The number of benzene rings is 2. The lowest BCUT2D eigenvalue weighted by molar-refractivity contribution is -0.137. The first-order valence-corrected chi connectivity index (χ1v) is 8.34. The Hall–Kier alpha value is -2.38. The normalized spacial score (nSPS) is 13.0. The average molecular weight is 365 g/mol. The van der Waals surface area contributed by atoms with Gasteiger partial charge in [0.05, 0.1) is 17.2 Å². The van der Waals surface area contributed by atoms with Crippen molar-refractivity contribution < 1.29 is 23.1 Å². The van der Waals surface area contributed by atoms with Gasteiger partial charge < -0.3 is 10.4 Å². The van der Waals surface area contributed by atoms with Crippen LogP contribution in [0.2, 0.25) is 0 Å². The minimum atomic E-state index is -4.61. The van der Waals surface area contributed by atoms with E-state index in [1.54, 1.807) is 5.38 Å². The molecule has 2 N–H and O–H groups in total. The Labute approximate surface area is 145 Å². The zero-order valence-electron chi connectivity index (χ0n) is 12.9. The third kappa shape index (κ3) is 3.67. The number of hydrogen-bond donors (Lipinski definition) is 2. The zero-order chi connectivity index (χ0) is 18.0. The van der Waals surface area contributed by atoms with Gasteiger partial charge in [0, 0.05) is 16.8 Å². The first-order valence-electron chi connectivity index (χ1n) is 7.46. The van der Waals surface area contributed by atoms with Crippen LogP contribution in [-0.4, -0.2) is 17.6 Å². The van der Waals surface area contributed by atoms with Crippen molar-refractivity contribution >= 4 is 27.3 Å². The highest BCUT2D eigenvalue weighted by Gasteiger charge is 2.34. The Balaban J connectivity index is 1.75. The predicted molar refractivity (Wildman–Crippen MR) is 90.6 cm³/mol. The molecule has 0 aliphatic carbocycles. The lowest BCUT2D eigenvalue weighted by atomic mass is 10.1. The van der Waals surface area contributed by atoms with E-state index in [0.29, 0.717) is 5.56 Å². The van der Waals surface area contributed by atoms with Crippen LogP contribution >= 0.6 is 11.3 Å². The van der Waals surface area contributed by atoms with Gasteiger partial charge in [0.25, 0.3) is 5.91 Å². The van der Waals surface area contributed by atoms with Crippen LogP contribution < -0.4 is 5.32 Å². The number of aliphatic hydroxyl groups excluding tert-OH is 1. The Morgan fingerprint density at radius 1 is 1.12 bits per heavy atom. The second-order valence-corrected chi connectivity index (χ2v) is 6.37. The number of thiophene rings is 1. The molecule has 7 heteroatoms. The van der Waals surface area contributed by atoms with Gasteiger partial charge >= 0.3 is 6.18 Å². The van der Waals surface area contributed by atoms with E-state index in [1.807, 2.05) is 24.3 Å². The standard InChI is InChI=1S/C18H14F3NO2S/c19-18(20,21)14-7-3-1-6-12(14)17(24)22-9-15(23)13-10-25-16-8-4-2-5-11(13)16/h1-8,10,15,23H,9H2,(H,22,24)/t15-/m0/s1. The maximum absolute atomic E-state index is 13.0. The van der Waals surface area contributed by atoms with E-state index in [-0.39, 0.29) is 6.54 Å². The molecule has 3 rings (SSSR count). The number of alkyl halides is 3. The quantitative estimate of drug-likeness (QED) is 0.721. The van der Waals surface area contributed by atoms with Crippen molar-refractivity contribution in [1.29, 1.82) is 0 Å². The Morgan fingerprint density at radius 2 is 1.80 bits per heavy atom. The van der Waals surface area contributed by atoms with Gasteiger partial charge in [-0.05, 0) is 29.0 Å². The van der Waals surface area contributed by atoms with Gasteiger partial charge in [-0.1, -0.05) is 30.3 Å². The van der Waals surface area contributed by atoms with Gasteiger partial charge in [-0.25, -0.2) is 0 Å². The molecule has 0 aliphatic rings. The van der Waals surface area contributed by atoms with Crippen LogP contribution in [0.3, 0.4) is 0 Å². The summed E-state index contributed by atoms with van der Waals surface area (Å²) in [6, 6.07) is 12.1. The minimum absolute atomic E-state index is 0.175. The Bertz CT molecular complexity index is 904. The van der Waals surface area contributed by atoms with Crippen LogP contribution in [0.1, 0.15) is 27.6 Å². The summed E-state index contributed by atoms with van der Waals surface area (Å²) >= 11 is 1.46. The largest absolute Gasteiger partial charge is 0.417 e. The number of amides is 1. The zero-order valence-corrected chi connectivity index (χ0v) is 13.7. The number of aliphatic hydroxyl groups is 1. The van der Waals surface area contributed by atoms with Crippen LogP contribution in [0.5, 0.6) is 0 Å². The van der Waals surface area contributed by atoms with Crippen LogP contribution in [0.4, 0.5) is 13.2 Å². The highest BCUT2D eigenvalue weighted by atomic mass is 32.1. The van der Waals surface area contributed by atoms with Crippen molar-refractivity contribution in [2.24, 2.45) is 0 Å². The summed E-state index contributed by atoms with van der Waals surface area (Å²) in [7, 11) is 0. The smallest absolute Gasteiger partial charge is 0.387 e. The molecule has 1 aromatic heterocycles. The molecule has 0 saturated heterocycles. The number of fused-ring (bicyclic) bond motifs is 1. The molecule has 0 aliphatic heterocycles. The van der Waals surface area contributed by atoms with Gasteiger partial charge in [0.15, 0.2) is 0 Å². The topological polar surface area (TPSA) is 49.3 Å². The summed E-state index contributed by atoms with van der Waals surface area (Å²) in [5, 5.41) is 15.3. The summed E-state index contributed by atoms with van der Waals surface area (Å²) in [6.07, 6.45) is -5.62. The summed E-state index contributed by atoms with van der Waals surface area (Å²) in [4.78, 5) is 12.1. The molecule has 3 nitrogen and oxygen atoms in total. The van der Waals surface area contributed by atoms with Crippen LogP contribution in [-0.2, 0) is 6.18 Å². The molecule has 2 aromatic carbocycles. The Morgan fingerprint density at radius 3 is 2.56 bits per heavy atom. The van der Waals surface area contributed by atoms with Crippen LogP contribution in [0, 0.1) is 0 Å². The molecule has 0 saturated carbocycles. The molecule has 0 unspecified atom stereocenters. The molecule has 3 aromatic rings. The molecular weight excluding hydrogens is 351 g/mol. The minimum Gasteiger partial charge on any atom is -0.387 e. The molecular formula is C18H14F3NO2S. The van der Waals surface area contributed by atoms with Gasteiger partial charge in [0.2, 0.25) is 0 Å². The van der Waals surface area contributed by atoms with Crippen molar-refractivity contribution in [3.05, 3.63) is 70.6 Å². The lowest BCUT2D eigenvalue weighted by Gasteiger charge is -2.15. The maximum Gasteiger partial charge on any atom is 0.417 e. The van der Waals surface area contributed by atoms with Gasteiger partial charge in [0.1, 0.15) is 0 Å². The van der Waals surface area contributed by atoms with E-state index in [4.69, 9.17) is 0 Å². The second-order valence-electron chi connectivity index (χ2n) is 5.46. The summed E-state index contributed by atoms with van der Waals surface area (Å²) in [6.45, 7) is -0.175. The molecule has 25 heavy (non-hydrogen) atoms. The fourth-order valence-corrected chi connectivity index (χ4v) is 3.59. The molecule has 0 fully saturated rings. The van der Waals surface area contributed by atoms with Crippen molar-refractivity contribution in [3.8, 4) is 0 Å². The molecule has 0 radical (unpaired) electrons. The van der Waals surface area contributed by atoms with E-state index in [0.717, 1.165) is 22.2 Å². The predicted octanol–water partition coefficient (Wildman–Crippen LogP) is 4.38. The van der Waals surface area contributed by atoms with E-state index in [2.05, 4.69) is 5.32 Å². The molecule has 130 valence electrons. The van der Waals surface area contributed by atoms with E-state index >= 15 is 0 Å². The molecule has 1 amide bonds. The average Bonchev–Trinajstić information content (AvgIpc) is 3.03. The number of rotatable bonds is 4. The fourth-order valence-electron chi connectivity index (χ4n) is 2.58. The Kier molecular flexibility index (Phi) is 4.78. The summed E-state index contributed by atoms with van der Waals surface area (Å²) < 4.78 is 39.9. The third-order valence-electron chi connectivity index (χ3n) is 3.80. The summed E-state index contributed by atoms with van der Waals surface area (Å²) in [5.74, 6) is -0.869. The highest BCUT2D eigenvalue weighted by molar-refractivity contribution is 7.17. The molecule has 1 atom stereocenters. The SMILES string of the molecule is O=C(NC[C@H](O)c1csc2ccccc12)c1ccccc1C(F)(F)F. The molecule has 1 heterocycles. The van der Waals surface area contributed by atoms with Crippen molar-refractivity contribution in [3.63, 3.8) is 0 Å². The first-order chi connectivity index (χ1) is 11.9. The van der Waals surface area contributed by atoms with Crippen molar-refractivity contribution in [2.45, 2.75) is 12.3 Å². The number of hydrogen-bond acceptors (Lipinski definition) is 3. The number of carbonyl (C=O) groups excluding carboxylic acids is 1. The number of halogens is 3. The fraction of sp³-hybridized carbons (Fsp3) is 0.167. The maximum atomic E-state index is 13.0. The first kappa shape index (κ1) is 17.4. The lowest BCUT2D eigenvalue weighted by Crippen LogP contribution is -2.30. The monoisotopic (exact) mass is 365 g/mol. The van der Waals surface area contributed by atoms with Crippen molar-refractivity contribution in [1.82, 2.24) is 5.32 Å². The molecule has 0 bridgehead atoms. The number of nitrogens with one attached hydrogen (secondary N) is 1. The van der Waals surface area contributed by atoms with E-state index in [9.17, 15) is 23.1 Å². The third-order valence-corrected chi connectivity index (χ3v) is 4.78. The summed E-state index contributed by atoms with van der Waals surface area (Å²) in [5.41, 5.74) is -0.814. The molecule has 0 spiro atoms. The van der Waals surface area contributed by atoms with Crippen molar-refractivity contribution in [2.75, 3.05) is 6.54 Å². The highest BCUT2D eigenvalue weighted by Crippen LogP contribution is 2.32. The second kappa shape index (κ2) is 6.85. The van der Waals surface area contributed by atoms with Gasteiger partial charge in [-0.3, -0.25) is 4.79 Å². The van der Waals surface area contributed by atoms with Gasteiger partial charge in [-0.15, -0.1) is 11.3 Å². The van der Waals surface area contributed by atoms with Crippen LogP contribution in [0.15, 0.2) is 53.9 Å². The number of carbonyl (C=O) groups is 1. The van der Waals surface area contributed by atoms with E-state index < -0.39 is 29.3 Å². The van der Waals surface area contributed by atoms with E-state index in [1.165, 1.54) is 23.5 Å². The van der Waals surface area contributed by atoms with Crippen LogP contribution in [0.25, 0.3) is 10.1 Å². The van der Waals surface area contributed by atoms with Gasteiger partial charge in [-0.2, -0.15) is 13.2 Å².